The average Bonchev–Trinajstić information content (AvgIpc) is 2.18. The number of hydrogen-bond donors (Lipinski definition) is 2. The summed E-state index contributed by atoms with van der Waals surface area (Å²) >= 11 is 0. The van der Waals surface area contributed by atoms with Gasteiger partial charge in [0.1, 0.15) is 0 Å². The molecular formula is C12H14N2O2. The third kappa shape index (κ3) is 3.28. The molecule has 2 N–H and O–H groups in total. The van der Waals surface area contributed by atoms with Crippen molar-refractivity contribution in [3.63, 3.8) is 0 Å². The molecular weight excluding hydrogens is 204 g/mol. The van der Waals surface area contributed by atoms with Crippen LogP contribution >= 0.6 is 0 Å². The van der Waals surface area contributed by atoms with Gasteiger partial charge in [-0.2, -0.15) is 5.26 Å². The second-order valence-electron chi connectivity index (χ2n) is 4.01. The predicted octanol–water partition coefficient (Wildman–Crippen LogP) is 2.85. The van der Waals surface area contributed by atoms with Crippen LogP contribution in [0.15, 0.2) is 18.2 Å². The van der Waals surface area contributed by atoms with E-state index in [0.717, 1.165) is 12.0 Å². The van der Waals surface area contributed by atoms with Crippen LogP contribution in [0.25, 0.3) is 0 Å². The smallest absolute Gasteiger partial charge is 0.409 e. The van der Waals surface area contributed by atoms with E-state index in [1.807, 2.05) is 0 Å². The fraction of sp³-hybridized carbons (Fsp3) is 0.333. The highest BCUT2D eigenvalue weighted by Crippen LogP contribution is 2.18. The zero-order chi connectivity index (χ0) is 12.1. The van der Waals surface area contributed by atoms with Gasteiger partial charge in [-0.25, -0.2) is 4.79 Å². The van der Waals surface area contributed by atoms with E-state index in [0.29, 0.717) is 17.2 Å². The maximum absolute atomic E-state index is 10.4. The summed E-state index contributed by atoms with van der Waals surface area (Å²) in [7, 11) is 0. The lowest BCUT2D eigenvalue weighted by molar-refractivity contribution is 0.210. The Hall–Kier alpha value is -2.02. The van der Waals surface area contributed by atoms with Crippen molar-refractivity contribution in [2.45, 2.75) is 20.3 Å². The Bertz CT molecular complexity index is 433. The number of nitriles is 1. The fourth-order valence-electron chi connectivity index (χ4n) is 1.50. The average molecular weight is 218 g/mol. The summed E-state index contributed by atoms with van der Waals surface area (Å²) in [6, 6.07) is 7.11. The van der Waals surface area contributed by atoms with Gasteiger partial charge >= 0.3 is 6.09 Å². The maximum Gasteiger partial charge on any atom is 0.409 e. The molecule has 0 saturated carbocycles. The van der Waals surface area contributed by atoms with Crippen molar-refractivity contribution in [1.29, 1.82) is 5.26 Å². The van der Waals surface area contributed by atoms with Crippen LogP contribution in [0, 0.1) is 17.2 Å². The van der Waals surface area contributed by atoms with E-state index in [-0.39, 0.29) is 0 Å². The summed E-state index contributed by atoms with van der Waals surface area (Å²) in [5, 5.41) is 19.7. The Balaban J connectivity index is 2.98. The second kappa shape index (κ2) is 5.17. The highest BCUT2D eigenvalue weighted by atomic mass is 16.4. The molecule has 4 nitrogen and oxygen atoms in total. The van der Waals surface area contributed by atoms with E-state index in [4.69, 9.17) is 10.4 Å². The quantitative estimate of drug-likeness (QED) is 0.819. The van der Waals surface area contributed by atoms with Crippen molar-refractivity contribution < 1.29 is 9.90 Å². The van der Waals surface area contributed by atoms with Crippen molar-refractivity contribution >= 4 is 11.8 Å². The Kier molecular flexibility index (Phi) is 3.90. The number of carbonyl (C=O) groups is 1. The van der Waals surface area contributed by atoms with Crippen LogP contribution in [-0.4, -0.2) is 11.2 Å². The van der Waals surface area contributed by atoms with Crippen LogP contribution in [0.4, 0.5) is 10.5 Å². The van der Waals surface area contributed by atoms with E-state index >= 15 is 0 Å². The first-order valence-electron chi connectivity index (χ1n) is 5.06. The summed E-state index contributed by atoms with van der Waals surface area (Å²) < 4.78 is 0. The van der Waals surface area contributed by atoms with E-state index in [1.165, 1.54) is 0 Å². The number of benzene rings is 1. The summed E-state index contributed by atoms with van der Waals surface area (Å²) in [6.45, 7) is 4.15. The van der Waals surface area contributed by atoms with Crippen molar-refractivity contribution in [1.82, 2.24) is 0 Å². The molecule has 0 aliphatic rings. The summed E-state index contributed by atoms with van der Waals surface area (Å²) in [5.41, 5.74) is 1.91. The minimum Gasteiger partial charge on any atom is -0.465 e. The standard InChI is InChI=1S/C12H14N2O2/c1-8(2)5-9-3-4-11(14-12(15)16)6-10(9)7-13/h3-4,6,8,14H,5H2,1-2H3,(H,15,16). The normalized spacial score (nSPS) is 9.88. The van der Waals surface area contributed by atoms with Crippen LogP contribution in [0.3, 0.4) is 0 Å². The second-order valence-corrected chi connectivity index (χ2v) is 4.01. The number of rotatable bonds is 3. The molecule has 1 aromatic carbocycles. The molecule has 0 atom stereocenters. The molecule has 0 bridgehead atoms. The maximum atomic E-state index is 10.4. The highest BCUT2D eigenvalue weighted by Gasteiger charge is 2.06. The first kappa shape index (κ1) is 12.1. The molecule has 1 rings (SSSR count). The van der Waals surface area contributed by atoms with Crippen LogP contribution in [0.2, 0.25) is 0 Å². The van der Waals surface area contributed by atoms with Gasteiger partial charge in [-0.3, -0.25) is 5.32 Å². The molecule has 0 aliphatic carbocycles. The van der Waals surface area contributed by atoms with Gasteiger partial charge in [0.05, 0.1) is 11.6 Å². The van der Waals surface area contributed by atoms with Crippen LogP contribution in [-0.2, 0) is 6.42 Å². The lowest BCUT2D eigenvalue weighted by atomic mass is 9.98. The molecule has 0 unspecified atom stereocenters. The van der Waals surface area contributed by atoms with Crippen molar-refractivity contribution in [3.05, 3.63) is 29.3 Å². The molecule has 0 fully saturated rings. The Morgan fingerprint density at radius 1 is 1.56 bits per heavy atom. The van der Waals surface area contributed by atoms with Crippen LogP contribution in [0.5, 0.6) is 0 Å². The number of nitrogens with one attached hydrogen (secondary N) is 1. The Morgan fingerprint density at radius 2 is 2.25 bits per heavy atom. The van der Waals surface area contributed by atoms with Crippen LogP contribution in [0.1, 0.15) is 25.0 Å². The summed E-state index contributed by atoms with van der Waals surface area (Å²) in [5.74, 6) is 0.463. The molecule has 0 aromatic heterocycles. The van der Waals surface area contributed by atoms with Gasteiger partial charge in [-0.1, -0.05) is 19.9 Å². The number of amides is 1. The minimum absolute atomic E-state index is 0.427. The van der Waals surface area contributed by atoms with Gasteiger partial charge in [0.2, 0.25) is 0 Å². The van der Waals surface area contributed by atoms with Gasteiger partial charge in [-0.15, -0.1) is 0 Å². The molecule has 0 radical (unpaired) electrons. The molecule has 84 valence electrons. The fourth-order valence-corrected chi connectivity index (χ4v) is 1.50. The van der Waals surface area contributed by atoms with Gasteiger partial charge in [-0.05, 0) is 30.0 Å². The van der Waals surface area contributed by atoms with Crippen molar-refractivity contribution in [2.75, 3.05) is 5.32 Å². The lowest BCUT2D eigenvalue weighted by Gasteiger charge is -2.08. The zero-order valence-electron chi connectivity index (χ0n) is 9.32. The third-order valence-electron chi connectivity index (χ3n) is 2.11. The molecule has 4 heteroatoms. The molecule has 0 saturated heterocycles. The largest absolute Gasteiger partial charge is 0.465 e. The summed E-state index contributed by atoms with van der Waals surface area (Å²) in [6.07, 6.45) is -0.309. The van der Waals surface area contributed by atoms with Gasteiger partial charge in [0.25, 0.3) is 0 Å². The van der Waals surface area contributed by atoms with Gasteiger partial charge < -0.3 is 5.11 Å². The number of nitrogens with zero attached hydrogens (tertiary/aromatic N) is 1. The summed E-state index contributed by atoms with van der Waals surface area (Å²) in [4.78, 5) is 10.4. The zero-order valence-corrected chi connectivity index (χ0v) is 9.32. The highest BCUT2D eigenvalue weighted by molar-refractivity contribution is 5.83. The predicted molar refractivity (Wildman–Crippen MR) is 61.3 cm³/mol. The first-order chi connectivity index (χ1) is 7.52. The van der Waals surface area contributed by atoms with E-state index in [9.17, 15) is 4.79 Å². The van der Waals surface area contributed by atoms with Gasteiger partial charge in [0, 0.05) is 5.69 Å². The van der Waals surface area contributed by atoms with E-state index < -0.39 is 6.09 Å². The topological polar surface area (TPSA) is 73.1 Å². The number of hydrogen-bond acceptors (Lipinski definition) is 2. The molecule has 0 spiro atoms. The number of anilines is 1. The Labute approximate surface area is 94.5 Å². The molecule has 16 heavy (non-hydrogen) atoms. The van der Waals surface area contributed by atoms with E-state index in [2.05, 4.69) is 25.2 Å². The lowest BCUT2D eigenvalue weighted by Crippen LogP contribution is -2.08. The van der Waals surface area contributed by atoms with Gasteiger partial charge in [0.15, 0.2) is 0 Å². The van der Waals surface area contributed by atoms with E-state index in [1.54, 1.807) is 18.2 Å². The molecule has 1 amide bonds. The monoisotopic (exact) mass is 218 g/mol. The molecule has 0 heterocycles. The number of carboxylic acid groups (broad SMARTS) is 1. The van der Waals surface area contributed by atoms with Crippen LogP contribution < -0.4 is 5.32 Å². The van der Waals surface area contributed by atoms with Crippen molar-refractivity contribution in [2.24, 2.45) is 5.92 Å². The molecule has 1 aromatic rings. The van der Waals surface area contributed by atoms with Crippen molar-refractivity contribution in [3.8, 4) is 6.07 Å². The third-order valence-corrected chi connectivity index (χ3v) is 2.11. The molecule has 0 aliphatic heterocycles. The first-order valence-corrected chi connectivity index (χ1v) is 5.06. The Morgan fingerprint density at radius 3 is 2.75 bits per heavy atom. The minimum atomic E-state index is -1.12. The SMILES string of the molecule is CC(C)Cc1ccc(NC(=O)O)cc1C#N.